The van der Waals surface area contributed by atoms with Crippen molar-refractivity contribution in [1.82, 2.24) is 19.8 Å². The number of carbonyl (C=O) groups is 1. The first-order valence-corrected chi connectivity index (χ1v) is 8.08. The number of nitrogens with one attached hydrogen (secondary N) is 1. The van der Waals surface area contributed by atoms with Gasteiger partial charge in [-0.25, -0.2) is 9.78 Å². The van der Waals surface area contributed by atoms with E-state index in [1.165, 1.54) is 0 Å². The number of likely N-dealkylation sites (tertiary alicyclic amines) is 1. The van der Waals surface area contributed by atoms with Crippen molar-refractivity contribution < 1.29 is 14.3 Å². The maximum absolute atomic E-state index is 12.2. The topological polar surface area (TPSA) is 68.6 Å². The number of aryl methyl sites for hydroxylation is 1. The predicted octanol–water partition coefficient (Wildman–Crippen LogP) is 1.63. The lowest BCUT2D eigenvalue weighted by atomic mass is 10.2. The van der Waals surface area contributed by atoms with Crippen molar-refractivity contribution in [3.8, 4) is 0 Å². The fourth-order valence-electron chi connectivity index (χ4n) is 2.70. The number of imidazole rings is 1. The normalized spacial score (nSPS) is 21.7. The van der Waals surface area contributed by atoms with Gasteiger partial charge >= 0.3 is 6.09 Å². The Morgan fingerprint density at radius 1 is 1.43 bits per heavy atom. The second-order valence-corrected chi connectivity index (χ2v) is 6.78. The van der Waals surface area contributed by atoms with Gasteiger partial charge in [-0.1, -0.05) is 0 Å². The van der Waals surface area contributed by atoms with E-state index < -0.39 is 5.60 Å². The van der Waals surface area contributed by atoms with Crippen molar-refractivity contribution in [2.24, 2.45) is 0 Å². The van der Waals surface area contributed by atoms with E-state index in [9.17, 15) is 4.79 Å². The number of nitrogens with zero attached hydrogens (tertiary/aromatic N) is 3. The van der Waals surface area contributed by atoms with Gasteiger partial charge in [-0.2, -0.15) is 0 Å². The Bertz CT molecular complexity index is 524. The zero-order valence-electron chi connectivity index (χ0n) is 14.7. The average molecular weight is 324 g/mol. The van der Waals surface area contributed by atoms with E-state index in [0.29, 0.717) is 19.6 Å². The Hall–Kier alpha value is -1.60. The van der Waals surface area contributed by atoms with E-state index >= 15 is 0 Å². The van der Waals surface area contributed by atoms with Crippen LogP contribution in [0.1, 0.15) is 33.5 Å². The third-order valence-corrected chi connectivity index (χ3v) is 3.89. The smallest absolute Gasteiger partial charge is 0.410 e. The molecule has 1 saturated heterocycles. The van der Waals surface area contributed by atoms with Gasteiger partial charge in [0.25, 0.3) is 0 Å². The van der Waals surface area contributed by atoms with Crippen LogP contribution in [0.2, 0.25) is 0 Å². The molecule has 1 aromatic rings. The van der Waals surface area contributed by atoms with E-state index in [-0.39, 0.29) is 18.2 Å². The summed E-state index contributed by atoms with van der Waals surface area (Å²) >= 11 is 0. The van der Waals surface area contributed by atoms with E-state index in [1.54, 1.807) is 18.2 Å². The van der Waals surface area contributed by atoms with Gasteiger partial charge < -0.3 is 24.3 Å². The fraction of sp³-hybridized carbons (Fsp3) is 0.750. The second-order valence-electron chi connectivity index (χ2n) is 6.78. The van der Waals surface area contributed by atoms with Crippen LogP contribution in [0.25, 0.3) is 0 Å². The molecule has 0 aromatic carbocycles. The maximum atomic E-state index is 12.2. The first-order valence-electron chi connectivity index (χ1n) is 8.08. The molecule has 0 bridgehead atoms. The highest BCUT2D eigenvalue weighted by molar-refractivity contribution is 5.68. The SMILES string of the molecule is CCn1ccnc1CNC1CN(C(=O)OC(C)(C)C)C[C@@H]1OC. The molecule has 1 aromatic heterocycles. The molecule has 1 unspecified atom stereocenters. The standard InChI is InChI=1S/C16H28N4O3/c1-6-19-8-7-17-14(19)9-18-12-10-20(11-13(12)22-5)15(21)23-16(2,3)4/h7-8,12-13,18H,6,9-11H2,1-5H3/t12?,13-/m0/s1. The molecule has 0 saturated carbocycles. The number of amides is 1. The summed E-state index contributed by atoms with van der Waals surface area (Å²) < 4.78 is 13.1. The zero-order chi connectivity index (χ0) is 17.0. The third-order valence-electron chi connectivity index (χ3n) is 3.89. The van der Waals surface area contributed by atoms with E-state index in [0.717, 1.165) is 12.4 Å². The molecule has 130 valence electrons. The summed E-state index contributed by atoms with van der Waals surface area (Å²) in [5.74, 6) is 0.984. The molecule has 1 aliphatic heterocycles. The Morgan fingerprint density at radius 2 is 2.17 bits per heavy atom. The molecule has 0 radical (unpaired) electrons. The van der Waals surface area contributed by atoms with Crippen LogP contribution in [0.5, 0.6) is 0 Å². The van der Waals surface area contributed by atoms with Crippen LogP contribution in [0.15, 0.2) is 12.4 Å². The number of ether oxygens (including phenoxy) is 2. The molecule has 23 heavy (non-hydrogen) atoms. The molecule has 7 heteroatoms. The Balaban J connectivity index is 1.93. The Kier molecular flexibility index (Phi) is 5.64. The van der Waals surface area contributed by atoms with Gasteiger partial charge in [-0.05, 0) is 27.7 Å². The molecule has 2 heterocycles. The van der Waals surface area contributed by atoms with Crippen LogP contribution in [0.3, 0.4) is 0 Å². The number of hydrogen-bond donors (Lipinski definition) is 1. The lowest BCUT2D eigenvalue weighted by Crippen LogP contribution is -2.40. The van der Waals surface area contributed by atoms with Crippen LogP contribution >= 0.6 is 0 Å². The Labute approximate surface area is 138 Å². The van der Waals surface area contributed by atoms with Gasteiger partial charge in [0.15, 0.2) is 0 Å². The van der Waals surface area contributed by atoms with Gasteiger partial charge in [0.05, 0.1) is 25.2 Å². The predicted molar refractivity (Wildman–Crippen MR) is 87.1 cm³/mol. The summed E-state index contributed by atoms with van der Waals surface area (Å²) in [5.41, 5.74) is -0.489. The van der Waals surface area contributed by atoms with Crippen LogP contribution < -0.4 is 5.32 Å². The Morgan fingerprint density at radius 3 is 2.78 bits per heavy atom. The lowest BCUT2D eigenvalue weighted by molar-refractivity contribution is 0.0252. The molecular weight excluding hydrogens is 296 g/mol. The van der Waals surface area contributed by atoms with E-state index in [1.807, 2.05) is 27.0 Å². The second kappa shape index (κ2) is 7.31. The molecule has 2 atom stereocenters. The number of carbonyl (C=O) groups excluding carboxylic acids is 1. The number of rotatable bonds is 5. The summed E-state index contributed by atoms with van der Waals surface area (Å²) in [6, 6.07) is 0.0644. The van der Waals surface area contributed by atoms with E-state index in [2.05, 4.69) is 21.8 Å². The number of aromatic nitrogens is 2. The van der Waals surface area contributed by atoms with Crippen LogP contribution in [0, 0.1) is 0 Å². The fourth-order valence-corrected chi connectivity index (χ4v) is 2.70. The first-order chi connectivity index (χ1) is 10.8. The van der Waals surface area contributed by atoms with Crippen LogP contribution in [-0.2, 0) is 22.6 Å². The van der Waals surface area contributed by atoms with Gasteiger partial charge in [-0.15, -0.1) is 0 Å². The lowest BCUT2D eigenvalue weighted by Gasteiger charge is -2.24. The molecule has 7 nitrogen and oxygen atoms in total. The van der Waals surface area contributed by atoms with E-state index in [4.69, 9.17) is 9.47 Å². The minimum absolute atomic E-state index is 0.0486. The zero-order valence-corrected chi connectivity index (χ0v) is 14.7. The molecule has 0 spiro atoms. The number of methoxy groups -OCH3 is 1. The van der Waals surface area contributed by atoms with Crippen molar-refractivity contribution in [1.29, 1.82) is 0 Å². The summed E-state index contributed by atoms with van der Waals surface area (Å²) in [4.78, 5) is 18.3. The summed E-state index contributed by atoms with van der Waals surface area (Å²) in [6.45, 7) is 10.3. The molecular formula is C16H28N4O3. The summed E-state index contributed by atoms with van der Waals surface area (Å²) in [6.07, 6.45) is 3.43. The molecule has 1 amide bonds. The highest BCUT2D eigenvalue weighted by Gasteiger charge is 2.37. The molecule has 1 aliphatic rings. The molecule has 1 fully saturated rings. The maximum Gasteiger partial charge on any atom is 0.410 e. The van der Waals surface area contributed by atoms with Gasteiger partial charge in [-0.3, -0.25) is 0 Å². The highest BCUT2D eigenvalue weighted by atomic mass is 16.6. The highest BCUT2D eigenvalue weighted by Crippen LogP contribution is 2.18. The van der Waals surface area contributed by atoms with Crippen molar-refractivity contribution in [3.63, 3.8) is 0 Å². The van der Waals surface area contributed by atoms with Crippen molar-refractivity contribution in [2.75, 3.05) is 20.2 Å². The molecule has 2 rings (SSSR count). The average Bonchev–Trinajstić information content (AvgIpc) is 3.09. The van der Waals surface area contributed by atoms with Gasteiger partial charge in [0.2, 0.25) is 0 Å². The quantitative estimate of drug-likeness (QED) is 0.891. The number of hydrogen-bond acceptors (Lipinski definition) is 5. The first kappa shape index (κ1) is 17.7. The third kappa shape index (κ3) is 4.68. The summed E-state index contributed by atoms with van der Waals surface area (Å²) in [5, 5.41) is 3.45. The van der Waals surface area contributed by atoms with Crippen LogP contribution in [0.4, 0.5) is 4.79 Å². The van der Waals surface area contributed by atoms with Gasteiger partial charge in [0, 0.05) is 32.6 Å². The van der Waals surface area contributed by atoms with Gasteiger partial charge in [0.1, 0.15) is 11.4 Å². The largest absolute Gasteiger partial charge is 0.444 e. The van der Waals surface area contributed by atoms with Crippen molar-refractivity contribution in [2.45, 2.75) is 58.5 Å². The monoisotopic (exact) mass is 324 g/mol. The summed E-state index contributed by atoms with van der Waals surface area (Å²) in [7, 11) is 1.67. The van der Waals surface area contributed by atoms with Crippen molar-refractivity contribution in [3.05, 3.63) is 18.2 Å². The van der Waals surface area contributed by atoms with Crippen LogP contribution in [-0.4, -0.2) is 58.5 Å². The minimum atomic E-state index is -0.489. The molecule has 0 aliphatic carbocycles. The molecule has 1 N–H and O–H groups in total. The van der Waals surface area contributed by atoms with Crippen molar-refractivity contribution >= 4 is 6.09 Å². The minimum Gasteiger partial charge on any atom is -0.444 e.